The van der Waals surface area contributed by atoms with Crippen molar-refractivity contribution in [1.82, 2.24) is 9.97 Å². The maximum absolute atomic E-state index is 12.6. The number of nitrogens with two attached hydrogens (primary N) is 1. The Balaban J connectivity index is 2.60. The molecule has 0 spiro atoms. The summed E-state index contributed by atoms with van der Waals surface area (Å²) in [6.07, 6.45) is -4.65. The number of rotatable bonds is 2. The van der Waals surface area contributed by atoms with Crippen LogP contribution in [0.15, 0.2) is 30.3 Å². The van der Waals surface area contributed by atoms with Crippen molar-refractivity contribution in [2.45, 2.75) is 6.18 Å². The number of anilines is 1. The van der Waals surface area contributed by atoms with Crippen molar-refractivity contribution in [3.8, 4) is 17.0 Å². The van der Waals surface area contributed by atoms with Gasteiger partial charge in [-0.25, -0.2) is 9.97 Å². The Morgan fingerprint density at radius 1 is 1.16 bits per heavy atom. The zero-order valence-corrected chi connectivity index (χ0v) is 9.90. The number of aromatic nitrogens is 2. The van der Waals surface area contributed by atoms with Crippen LogP contribution in [0.1, 0.15) is 5.82 Å². The van der Waals surface area contributed by atoms with Crippen LogP contribution < -0.4 is 10.5 Å². The van der Waals surface area contributed by atoms with E-state index in [0.717, 1.165) is 0 Å². The summed E-state index contributed by atoms with van der Waals surface area (Å²) in [6.45, 7) is 0. The molecular formula is C12H10F3N3O. The van der Waals surface area contributed by atoms with Crippen LogP contribution in [0, 0.1) is 0 Å². The summed E-state index contributed by atoms with van der Waals surface area (Å²) in [6, 6.07) is 7.87. The zero-order valence-electron chi connectivity index (χ0n) is 9.90. The van der Waals surface area contributed by atoms with Crippen molar-refractivity contribution in [3.63, 3.8) is 0 Å². The van der Waals surface area contributed by atoms with E-state index in [1.54, 1.807) is 24.3 Å². The third kappa shape index (κ3) is 2.75. The quantitative estimate of drug-likeness (QED) is 0.910. The van der Waals surface area contributed by atoms with Crippen molar-refractivity contribution in [1.29, 1.82) is 0 Å². The van der Waals surface area contributed by atoms with Gasteiger partial charge in [0.2, 0.25) is 5.82 Å². The van der Waals surface area contributed by atoms with Crippen molar-refractivity contribution in [3.05, 3.63) is 36.2 Å². The van der Waals surface area contributed by atoms with E-state index in [2.05, 4.69) is 9.97 Å². The molecule has 0 aliphatic rings. The van der Waals surface area contributed by atoms with E-state index in [1.165, 1.54) is 13.2 Å². The highest BCUT2D eigenvalue weighted by atomic mass is 19.4. The van der Waals surface area contributed by atoms with Crippen LogP contribution >= 0.6 is 0 Å². The summed E-state index contributed by atoms with van der Waals surface area (Å²) in [7, 11) is 1.42. The molecule has 2 rings (SSSR count). The SMILES string of the molecule is COc1ccccc1-c1cc(N)nc(C(F)(F)F)n1. The second-order valence-corrected chi connectivity index (χ2v) is 3.70. The van der Waals surface area contributed by atoms with Crippen LogP contribution in [0.2, 0.25) is 0 Å². The van der Waals surface area contributed by atoms with Crippen LogP contribution in [0.25, 0.3) is 11.3 Å². The molecule has 0 amide bonds. The van der Waals surface area contributed by atoms with E-state index in [-0.39, 0.29) is 11.5 Å². The van der Waals surface area contributed by atoms with Gasteiger partial charge < -0.3 is 10.5 Å². The van der Waals surface area contributed by atoms with Crippen molar-refractivity contribution in [2.75, 3.05) is 12.8 Å². The molecule has 2 N–H and O–H groups in total. The lowest BCUT2D eigenvalue weighted by Crippen LogP contribution is -2.13. The average Bonchev–Trinajstić information content (AvgIpc) is 2.37. The van der Waals surface area contributed by atoms with E-state index in [9.17, 15) is 13.2 Å². The molecule has 0 unspecified atom stereocenters. The molecule has 0 radical (unpaired) electrons. The highest BCUT2D eigenvalue weighted by Gasteiger charge is 2.35. The molecule has 0 atom stereocenters. The molecule has 1 aromatic carbocycles. The Labute approximate surface area is 107 Å². The zero-order chi connectivity index (χ0) is 14.0. The Morgan fingerprint density at radius 3 is 2.47 bits per heavy atom. The van der Waals surface area contributed by atoms with E-state index >= 15 is 0 Å². The molecule has 2 aromatic rings. The molecule has 4 nitrogen and oxygen atoms in total. The monoisotopic (exact) mass is 269 g/mol. The number of benzene rings is 1. The van der Waals surface area contributed by atoms with Crippen LogP contribution in [0.5, 0.6) is 5.75 Å². The smallest absolute Gasteiger partial charge is 0.451 e. The first-order valence-electron chi connectivity index (χ1n) is 5.27. The highest BCUT2D eigenvalue weighted by molar-refractivity contribution is 5.68. The topological polar surface area (TPSA) is 61.0 Å². The summed E-state index contributed by atoms with van der Waals surface area (Å²) in [5, 5.41) is 0. The van der Waals surface area contributed by atoms with Crippen LogP contribution in [-0.2, 0) is 6.18 Å². The first-order chi connectivity index (χ1) is 8.91. The Hall–Kier alpha value is -2.31. The predicted molar refractivity (Wildman–Crippen MR) is 63.4 cm³/mol. The van der Waals surface area contributed by atoms with Gasteiger partial charge in [-0.05, 0) is 12.1 Å². The van der Waals surface area contributed by atoms with Gasteiger partial charge in [0.25, 0.3) is 0 Å². The lowest BCUT2D eigenvalue weighted by atomic mass is 10.1. The molecule has 0 bridgehead atoms. The molecule has 19 heavy (non-hydrogen) atoms. The van der Waals surface area contributed by atoms with Gasteiger partial charge in [0.05, 0.1) is 12.8 Å². The number of halogens is 3. The van der Waals surface area contributed by atoms with E-state index in [0.29, 0.717) is 11.3 Å². The van der Waals surface area contributed by atoms with E-state index < -0.39 is 12.0 Å². The van der Waals surface area contributed by atoms with E-state index in [1.807, 2.05) is 0 Å². The molecule has 1 aromatic heterocycles. The molecule has 0 saturated carbocycles. The molecular weight excluding hydrogens is 259 g/mol. The number of nitrogens with zero attached hydrogens (tertiary/aromatic N) is 2. The fourth-order valence-corrected chi connectivity index (χ4v) is 1.59. The molecule has 0 fully saturated rings. The molecule has 1 heterocycles. The van der Waals surface area contributed by atoms with Gasteiger partial charge in [-0.3, -0.25) is 0 Å². The number of ether oxygens (including phenoxy) is 1. The summed E-state index contributed by atoms with van der Waals surface area (Å²) in [5.41, 5.74) is 5.88. The maximum Gasteiger partial charge on any atom is 0.451 e. The third-order valence-corrected chi connectivity index (χ3v) is 2.38. The minimum absolute atomic E-state index is 0.0669. The minimum atomic E-state index is -4.65. The van der Waals surface area contributed by atoms with Crippen LogP contribution in [-0.4, -0.2) is 17.1 Å². The van der Waals surface area contributed by atoms with Gasteiger partial charge in [-0.2, -0.15) is 13.2 Å². The van der Waals surface area contributed by atoms with Gasteiger partial charge in [0, 0.05) is 11.6 Å². The number of nitrogen functional groups attached to an aromatic ring is 1. The number of alkyl halides is 3. The number of methoxy groups -OCH3 is 1. The summed E-state index contributed by atoms with van der Waals surface area (Å²) < 4.78 is 43.0. The Morgan fingerprint density at radius 2 is 1.84 bits per heavy atom. The summed E-state index contributed by atoms with van der Waals surface area (Å²) in [4.78, 5) is 6.67. The van der Waals surface area contributed by atoms with Crippen LogP contribution in [0.4, 0.5) is 19.0 Å². The lowest BCUT2D eigenvalue weighted by molar-refractivity contribution is -0.144. The maximum atomic E-state index is 12.6. The Bertz CT molecular complexity index is 599. The fraction of sp³-hybridized carbons (Fsp3) is 0.167. The summed E-state index contributed by atoms with van der Waals surface area (Å²) in [5.74, 6) is -1.11. The highest BCUT2D eigenvalue weighted by Crippen LogP contribution is 2.32. The Kier molecular flexibility index (Phi) is 3.28. The largest absolute Gasteiger partial charge is 0.496 e. The lowest BCUT2D eigenvalue weighted by Gasteiger charge is -2.11. The van der Waals surface area contributed by atoms with Gasteiger partial charge in [0.15, 0.2) is 0 Å². The number of para-hydroxylation sites is 1. The number of hydrogen-bond acceptors (Lipinski definition) is 4. The van der Waals surface area contributed by atoms with Crippen LogP contribution in [0.3, 0.4) is 0 Å². The fourth-order valence-electron chi connectivity index (χ4n) is 1.59. The molecule has 0 aliphatic carbocycles. The second-order valence-electron chi connectivity index (χ2n) is 3.70. The normalized spacial score (nSPS) is 11.4. The molecule has 0 aliphatic heterocycles. The molecule has 0 saturated heterocycles. The van der Waals surface area contributed by atoms with Crippen molar-refractivity contribution >= 4 is 5.82 Å². The summed E-state index contributed by atoms with van der Waals surface area (Å²) >= 11 is 0. The van der Waals surface area contributed by atoms with Gasteiger partial charge in [0.1, 0.15) is 11.6 Å². The second kappa shape index (κ2) is 4.75. The molecule has 100 valence electrons. The number of hydrogen-bond donors (Lipinski definition) is 1. The first kappa shape index (κ1) is 13.1. The van der Waals surface area contributed by atoms with E-state index in [4.69, 9.17) is 10.5 Å². The minimum Gasteiger partial charge on any atom is -0.496 e. The predicted octanol–water partition coefficient (Wildman–Crippen LogP) is 2.75. The first-order valence-corrected chi connectivity index (χ1v) is 5.27. The van der Waals surface area contributed by atoms with Gasteiger partial charge >= 0.3 is 6.18 Å². The third-order valence-electron chi connectivity index (χ3n) is 2.38. The average molecular weight is 269 g/mol. The molecule has 7 heteroatoms. The standard InChI is InChI=1S/C12H10F3N3O/c1-19-9-5-3-2-4-7(9)8-6-10(16)18-11(17-8)12(13,14)15/h2-6H,1H3,(H2,16,17,18). The van der Waals surface area contributed by atoms with Crippen molar-refractivity contribution < 1.29 is 17.9 Å². The van der Waals surface area contributed by atoms with Crippen molar-refractivity contribution in [2.24, 2.45) is 0 Å². The van der Waals surface area contributed by atoms with Gasteiger partial charge in [-0.1, -0.05) is 12.1 Å². The van der Waals surface area contributed by atoms with Gasteiger partial charge in [-0.15, -0.1) is 0 Å².